The molecule has 1 N–H and O–H groups in total. The fourth-order valence-electron chi connectivity index (χ4n) is 5.84. The van der Waals surface area contributed by atoms with Gasteiger partial charge in [0.15, 0.2) is 0 Å². The molecule has 38 heavy (non-hydrogen) atoms. The van der Waals surface area contributed by atoms with Gasteiger partial charge in [0.05, 0.1) is 6.67 Å². The fraction of sp³-hybridized carbons (Fsp3) is 0.412. The third-order valence-corrected chi connectivity index (χ3v) is 7.92. The Kier molecular flexibility index (Phi) is 7.90. The zero-order valence-corrected chi connectivity index (χ0v) is 23.0. The van der Waals surface area contributed by atoms with Crippen LogP contribution in [0.15, 0.2) is 66.7 Å². The van der Waals surface area contributed by atoms with Crippen LogP contribution in [0.5, 0.6) is 11.5 Å². The van der Waals surface area contributed by atoms with Crippen LogP contribution in [0.1, 0.15) is 74.3 Å². The smallest absolute Gasteiger partial charge is 0.119 e. The molecule has 200 valence electrons. The predicted octanol–water partition coefficient (Wildman–Crippen LogP) is 7.80. The van der Waals surface area contributed by atoms with Crippen molar-refractivity contribution < 1.29 is 14.2 Å². The lowest BCUT2D eigenvalue weighted by molar-refractivity contribution is 0.198. The summed E-state index contributed by atoms with van der Waals surface area (Å²) >= 11 is 0. The fourth-order valence-corrected chi connectivity index (χ4v) is 5.84. The van der Waals surface area contributed by atoms with Gasteiger partial charge in [-0.2, -0.15) is 0 Å². The molecule has 1 aliphatic heterocycles. The van der Waals surface area contributed by atoms with Gasteiger partial charge in [-0.3, -0.25) is 9.29 Å². The number of fused-ring (bicyclic) bond motifs is 1. The Morgan fingerprint density at radius 2 is 1.68 bits per heavy atom. The summed E-state index contributed by atoms with van der Waals surface area (Å²) in [7, 11) is 0. The van der Waals surface area contributed by atoms with Crippen molar-refractivity contribution in [1.29, 1.82) is 0 Å². The van der Waals surface area contributed by atoms with E-state index in [1.165, 1.54) is 33.4 Å². The minimum atomic E-state index is -0.259. The Hall–Kier alpha value is -3.11. The van der Waals surface area contributed by atoms with Crippen LogP contribution in [0.2, 0.25) is 0 Å². The molecule has 5 rings (SSSR count). The second-order valence-corrected chi connectivity index (χ2v) is 11.8. The molecule has 0 bridgehead atoms. The van der Waals surface area contributed by atoms with Crippen LogP contribution in [-0.2, 0) is 11.8 Å². The maximum atomic E-state index is 12.5. The molecule has 1 atom stereocenters. The SMILES string of the molecule is CC(C)(C)c1ccc(C2=C(c3ccc(O[C@H]4CCN(CCCF)C4)cc3)c3ccc(O)cc3CCC2)cc1. The minimum absolute atomic E-state index is 0.114. The molecule has 0 amide bonds. The molecule has 0 unspecified atom stereocenters. The van der Waals surface area contributed by atoms with Gasteiger partial charge >= 0.3 is 0 Å². The highest BCUT2D eigenvalue weighted by Gasteiger charge is 2.24. The molecule has 3 nitrogen and oxygen atoms in total. The maximum absolute atomic E-state index is 12.5. The third kappa shape index (κ3) is 5.96. The largest absolute Gasteiger partial charge is 0.508 e. The molecule has 1 heterocycles. The lowest BCUT2D eigenvalue weighted by atomic mass is 9.84. The van der Waals surface area contributed by atoms with Crippen LogP contribution in [0.3, 0.4) is 0 Å². The summed E-state index contributed by atoms with van der Waals surface area (Å²) in [6.07, 6.45) is 4.69. The molecular weight excluding hydrogens is 473 g/mol. The summed E-state index contributed by atoms with van der Waals surface area (Å²) < 4.78 is 18.9. The summed E-state index contributed by atoms with van der Waals surface area (Å²) in [5.41, 5.74) is 8.85. The van der Waals surface area contributed by atoms with Gasteiger partial charge in [-0.1, -0.05) is 63.2 Å². The standard InChI is InChI=1S/C34H40FNO2/c1-34(2,3)27-12-8-24(9-13-27)31-7-4-6-26-22-28(37)14-17-32(26)33(31)25-10-15-29(16-11-25)38-30-18-21-36(23-30)20-5-19-35/h8-17,22,30,37H,4-7,18-21,23H2,1-3H3/t30-/m0/s1. The normalized spacial score (nSPS) is 18.4. The zero-order chi connectivity index (χ0) is 26.7. The van der Waals surface area contributed by atoms with Crippen molar-refractivity contribution in [2.45, 2.75) is 64.4 Å². The van der Waals surface area contributed by atoms with Crippen LogP contribution >= 0.6 is 0 Å². The van der Waals surface area contributed by atoms with Crippen LogP contribution in [0, 0.1) is 0 Å². The molecule has 3 aromatic rings. The topological polar surface area (TPSA) is 32.7 Å². The predicted molar refractivity (Wildman–Crippen MR) is 155 cm³/mol. The molecule has 0 saturated carbocycles. The van der Waals surface area contributed by atoms with Crippen LogP contribution in [0.4, 0.5) is 4.39 Å². The second-order valence-electron chi connectivity index (χ2n) is 11.8. The number of phenols is 1. The molecule has 0 radical (unpaired) electrons. The highest BCUT2D eigenvalue weighted by Crippen LogP contribution is 2.41. The molecule has 0 aromatic heterocycles. The number of benzene rings is 3. The summed E-state index contributed by atoms with van der Waals surface area (Å²) in [4.78, 5) is 2.29. The van der Waals surface area contributed by atoms with Crippen LogP contribution in [0.25, 0.3) is 11.1 Å². The van der Waals surface area contributed by atoms with Crippen molar-refractivity contribution in [3.05, 3.63) is 94.5 Å². The number of ether oxygens (including phenoxy) is 1. The first-order chi connectivity index (χ1) is 18.3. The second kappa shape index (κ2) is 11.3. The molecule has 1 saturated heterocycles. The summed E-state index contributed by atoms with van der Waals surface area (Å²) in [6, 6.07) is 23.4. The van der Waals surface area contributed by atoms with Gasteiger partial charge in [0, 0.05) is 19.6 Å². The van der Waals surface area contributed by atoms with E-state index in [1.807, 2.05) is 6.07 Å². The lowest BCUT2D eigenvalue weighted by Crippen LogP contribution is -2.26. The number of rotatable bonds is 7. The van der Waals surface area contributed by atoms with E-state index in [2.05, 4.69) is 80.3 Å². The number of likely N-dealkylation sites (tertiary alicyclic amines) is 1. The number of hydrogen-bond donors (Lipinski definition) is 1. The Balaban J connectivity index is 1.47. The number of alkyl halides is 1. The maximum Gasteiger partial charge on any atom is 0.119 e. The van der Waals surface area contributed by atoms with Gasteiger partial charge < -0.3 is 9.84 Å². The van der Waals surface area contributed by atoms with E-state index in [1.54, 1.807) is 6.07 Å². The van der Waals surface area contributed by atoms with Gasteiger partial charge in [-0.25, -0.2) is 0 Å². The third-order valence-electron chi connectivity index (χ3n) is 7.92. The van der Waals surface area contributed by atoms with Crippen LogP contribution in [-0.4, -0.2) is 42.4 Å². The van der Waals surface area contributed by atoms with Crippen molar-refractivity contribution in [2.24, 2.45) is 0 Å². The van der Waals surface area contributed by atoms with Crippen molar-refractivity contribution in [2.75, 3.05) is 26.3 Å². The Labute approximate surface area is 227 Å². The quantitative estimate of drug-likeness (QED) is 0.350. The number of allylic oxidation sites excluding steroid dienone is 1. The average molecular weight is 514 g/mol. The summed E-state index contributed by atoms with van der Waals surface area (Å²) in [5.74, 6) is 1.20. The summed E-state index contributed by atoms with van der Waals surface area (Å²) in [5, 5.41) is 10.2. The lowest BCUT2D eigenvalue weighted by Gasteiger charge is -2.21. The van der Waals surface area contributed by atoms with Gasteiger partial charge in [0.2, 0.25) is 0 Å². The van der Waals surface area contributed by atoms with Crippen molar-refractivity contribution >= 4 is 11.1 Å². The van der Waals surface area contributed by atoms with Gasteiger partial charge in [0.25, 0.3) is 0 Å². The van der Waals surface area contributed by atoms with E-state index in [9.17, 15) is 9.50 Å². The Morgan fingerprint density at radius 3 is 2.39 bits per heavy atom. The van der Waals surface area contributed by atoms with E-state index in [-0.39, 0.29) is 18.2 Å². The zero-order valence-electron chi connectivity index (χ0n) is 23.0. The minimum Gasteiger partial charge on any atom is -0.508 e. The highest BCUT2D eigenvalue weighted by atomic mass is 19.1. The first-order valence-corrected chi connectivity index (χ1v) is 14.0. The van der Waals surface area contributed by atoms with Gasteiger partial charge in [0.1, 0.15) is 17.6 Å². The monoisotopic (exact) mass is 513 g/mol. The van der Waals surface area contributed by atoms with Gasteiger partial charge in [-0.15, -0.1) is 0 Å². The van der Waals surface area contributed by atoms with E-state index >= 15 is 0 Å². The number of halogens is 1. The van der Waals surface area contributed by atoms with E-state index in [0.29, 0.717) is 12.2 Å². The molecule has 1 aliphatic carbocycles. The van der Waals surface area contributed by atoms with E-state index in [0.717, 1.165) is 56.6 Å². The number of phenolic OH excluding ortho intramolecular Hbond substituents is 1. The van der Waals surface area contributed by atoms with Gasteiger partial charge in [-0.05, 0) is 101 Å². The number of aryl methyl sites for hydroxylation is 1. The molecule has 0 spiro atoms. The van der Waals surface area contributed by atoms with Crippen molar-refractivity contribution in [3.8, 4) is 11.5 Å². The van der Waals surface area contributed by atoms with Crippen molar-refractivity contribution in [3.63, 3.8) is 0 Å². The highest BCUT2D eigenvalue weighted by molar-refractivity contribution is 6.00. The number of nitrogens with zero attached hydrogens (tertiary/aromatic N) is 1. The molecule has 4 heteroatoms. The summed E-state index contributed by atoms with van der Waals surface area (Å²) in [6.45, 7) is 9.12. The molecule has 3 aromatic carbocycles. The van der Waals surface area contributed by atoms with Crippen molar-refractivity contribution in [1.82, 2.24) is 4.90 Å². The molecular formula is C34H40FNO2. The Morgan fingerprint density at radius 1 is 0.947 bits per heavy atom. The van der Waals surface area contributed by atoms with Crippen LogP contribution < -0.4 is 4.74 Å². The Bertz CT molecular complexity index is 1270. The van der Waals surface area contributed by atoms with E-state index < -0.39 is 0 Å². The first-order valence-electron chi connectivity index (χ1n) is 14.0. The number of aromatic hydroxyl groups is 1. The molecule has 2 aliphatic rings. The first kappa shape index (κ1) is 26.5. The average Bonchev–Trinajstić information content (AvgIpc) is 3.26. The van der Waals surface area contributed by atoms with E-state index in [4.69, 9.17) is 4.74 Å². The number of hydrogen-bond acceptors (Lipinski definition) is 3. The molecule has 1 fully saturated rings.